The molecule has 0 bridgehead atoms. The van der Waals surface area contributed by atoms with E-state index in [2.05, 4.69) is 32.6 Å². The fraction of sp³-hybridized carbons (Fsp3) is 0.500. The maximum atomic E-state index is 8.76. The summed E-state index contributed by atoms with van der Waals surface area (Å²) in [6, 6.07) is 5.94. The number of benzene rings is 1. The third-order valence-electron chi connectivity index (χ3n) is 2.55. The van der Waals surface area contributed by atoms with Crippen molar-refractivity contribution in [1.29, 1.82) is 0 Å². The van der Waals surface area contributed by atoms with Gasteiger partial charge in [0.25, 0.3) is 0 Å². The molecule has 2 heteroatoms. The van der Waals surface area contributed by atoms with Crippen molar-refractivity contribution in [2.24, 2.45) is 5.41 Å². The molecule has 0 atom stereocenters. The van der Waals surface area contributed by atoms with E-state index in [1.165, 1.54) is 0 Å². The lowest BCUT2D eigenvalue weighted by Gasteiger charge is -2.18. The van der Waals surface area contributed by atoms with Crippen molar-refractivity contribution in [2.75, 3.05) is 13.2 Å². The van der Waals surface area contributed by atoms with Crippen LogP contribution in [0.1, 0.15) is 38.3 Å². The van der Waals surface area contributed by atoms with E-state index in [-0.39, 0.29) is 12.0 Å². The maximum absolute atomic E-state index is 8.76. The van der Waals surface area contributed by atoms with Gasteiger partial charge in [-0.15, -0.1) is 0 Å². The molecule has 2 nitrogen and oxygen atoms in total. The first-order valence-electron chi connectivity index (χ1n) is 6.25. The molecule has 1 rings (SSSR count). The van der Waals surface area contributed by atoms with Crippen LogP contribution >= 0.6 is 0 Å². The smallest absolute Gasteiger partial charge is 0.134 e. The van der Waals surface area contributed by atoms with Crippen LogP contribution in [-0.2, 0) is 0 Å². The average molecular weight is 246 g/mol. The second-order valence-corrected chi connectivity index (χ2v) is 5.62. The van der Waals surface area contributed by atoms with Gasteiger partial charge in [-0.25, -0.2) is 0 Å². The number of aliphatic hydroxyl groups is 1. The third kappa shape index (κ3) is 5.25. The van der Waals surface area contributed by atoms with Crippen LogP contribution in [0, 0.1) is 24.2 Å². The summed E-state index contributed by atoms with van der Waals surface area (Å²) in [6.07, 6.45) is 0.994. The molecule has 18 heavy (non-hydrogen) atoms. The highest BCUT2D eigenvalue weighted by atomic mass is 16.5. The summed E-state index contributed by atoms with van der Waals surface area (Å²) in [5.41, 5.74) is 2.25. The van der Waals surface area contributed by atoms with E-state index >= 15 is 0 Å². The fourth-order valence-electron chi connectivity index (χ4n) is 1.47. The fourth-order valence-corrected chi connectivity index (χ4v) is 1.47. The van der Waals surface area contributed by atoms with Gasteiger partial charge in [-0.2, -0.15) is 0 Å². The Kier molecular flexibility index (Phi) is 5.25. The molecule has 0 saturated carbocycles. The van der Waals surface area contributed by atoms with Crippen LogP contribution < -0.4 is 4.74 Å². The zero-order valence-corrected chi connectivity index (χ0v) is 11.7. The normalized spacial score (nSPS) is 10.7. The van der Waals surface area contributed by atoms with Gasteiger partial charge < -0.3 is 9.84 Å². The summed E-state index contributed by atoms with van der Waals surface area (Å²) < 4.78 is 5.78. The molecule has 1 aromatic carbocycles. The van der Waals surface area contributed by atoms with Gasteiger partial charge >= 0.3 is 0 Å². The second-order valence-electron chi connectivity index (χ2n) is 5.62. The van der Waals surface area contributed by atoms with Crippen molar-refractivity contribution in [1.82, 2.24) is 0 Å². The zero-order chi connectivity index (χ0) is 13.6. The predicted octanol–water partition coefficient (Wildman–Crippen LogP) is 3.15. The van der Waals surface area contributed by atoms with Gasteiger partial charge in [0.05, 0.1) is 12.2 Å². The van der Waals surface area contributed by atoms with Crippen LogP contribution in [0.4, 0.5) is 0 Å². The molecule has 1 aromatic rings. The lowest BCUT2D eigenvalue weighted by Crippen LogP contribution is -2.11. The zero-order valence-electron chi connectivity index (χ0n) is 11.7. The number of aliphatic hydroxyl groups excluding tert-OH is 1. The molecule has 0 spiro atoms. The van der Waals surface area contributed by atoms with Crippen molar-refractivity contribution in [3.8, 4) is 17.6 Å². The van der Waals surface area contributed by atoms with E-state index < -0.39 is 0 Å². The molecular formula is C16H22O2. The van der Waals surface area contributed by atoms with Gasteiger partial charge in [0, 0.05) is 0 Å². The van der Waals surface area contributed by atoms with Crippen LogP contribution in [0.15, 0.2) is 18.2 Å². The Balaban J connectivity index is 2.75. The molecular weight excluding hydrogens is 224 g/mol. The molecule has 0 aromatic heterocycles. The Morgan fingerprint density at radius 1 is 1.28 bits per heavy atom. The Labute approximate surface area is 110 Å². The summed E-state index contributed by atoms with van der Waals surface area (Å²) >= 11 is 0. The summed E-state index contributed by atoms with van der Waals surface area (Å²) in [7, 11) is 0. The van der Waals surface area contributed by atoms with Gasteiger partial charge in [-0.1, -0.05) is 38.7 Å². The highest BCUT2D eigenvalue weighted by Crippen LogP contribution is 2.22. The van der Waals surface area contributed by atoms with E-state index in [1.807, 2.05) is 25.1 Å². The maximum Gasteiger partial charge on any atom is 0.134 e. The molecule has 0 heterocycles. The first-order valence-corrected chi connectivity index (χ1v) is 6.25. The van der Waals surface area contributed by atoms with Gasteiger partial charge in [0.2, 0.25) is 0 Å². The molecule has 0 radical (unpaired) electrons. The highest BCUT2D eigenvalue weighted by molar-refractivity contribution is 5.48. The molecule has 0 unspecified atom stereocenters. The van der Waals surface area contributed by atoms with Crippen molar-refractivity contribution >= 4 is 0 Å². The molecule has 0 aliphatic rings. The van der Waals surface area contributed by atoms with Gasteiger partial charge in [0.1, 0.15) is 12.4 Å². The minimum atomic E-state index is -0.130. The topological polar surface area (TPSA) is 29.5 Å². The van der Waals surface area contributed by atoms with Gasteiger partial charge in [-0.3, -0.25) is 0 Å². The molecule has 98 valence electrons. The quantitative estimate of drug-likeness (QED) is 0.830. The molecule has 0 aliphatic heterocycles. The predicted molar refractivity (Wildman–Crippen MR) is 74.7 cm³/mol. The number of hydrogen-bond donors (Lipinski definition) is 1. The van der Waals surface area contributed by atoms with E-state index in [0.717, 1.165) is 23.3 Å². The Bertz CT molecular complexity index is 444. The molecule has 0 aliphatic carbocycles. The van der Waals surface area contributed by atoms with E-state index in [9.17, 15) is 0 Å². The second kappa shape index (κ2) is 6.47. The Hall–Kier alpha value is -1.46. The van der Waals surface area contributed by atoms with E-state index in [0.29, 0.717) is 6.61 Å². The summed E-state index contributed by atoms with van der Waals surface area (Å²) in [6.45, 7) is 9.15. The number of rotatable bonds is 3. The highest BCUT2D eigenvalue weighted by Gasteiger charge is 2.10. The van der Waals surface area contributed by atoms with Crippen LogP contribution in [0.2, 0.25) is 0 Å². The van der Waals surface area contributed by atoms with Gasteiger partial charge in [-0.05, 0) is 36.5 Å². The SMILES string of the molecule is Cc1ccc(OCCC(C)(C)C)c(C#CCO)c1. The van der Waals surface area contributed by atoms with Crippen LogP contribution in [-0.4, -0.2) is 18.3 Å². The number of aryl methyl sites for hydroxylation is 1. The minimum Gasteiger partial charge on any atom is -0.492 e. The van der Waals surface area contributed by atoms with Crippen molar-refractivity contribution in [3.05, 3.63) is 29.3 Å². The first kappa shape index (κ1) is 14.6. The average Bonchev–Trinajstić information content (AvgIpc) is 2.27. The lowest BCUT2D eigenvalue weighted by molar-refractivity contribution is 0.242. The number of ether oxygens (including phenoxy) is 1. The Morgan fingerprint density at radius 3 is 2.61 bits per heavy atom. The van der Waals surface area contributed by atoms with Crippen LogP contribution in [0.25, 0.3) is 0 Å². The third-order valence-corrected chi connectivity index (χ3v) is 2.55. The summed E-state index contributed by atoms with van der Waals surface area (Å²) in [5.74, 6) is 6.39. The first-order chi connectivity index (χ1) is 8.42. The number of hydrogen-bond acceptors (Lipinski definition) is 2. The Morgan fingerprint density at radius 2 is 2.00 bits per heavy atom. The molecule has 0 amide bonds. The van der Waals surface area contributed by atoms with Crippen molar-refractivity contribution < 1.29 is 9.84 Å². The van der Waals surface area contributed by atoms with Crippen LogP contribution in [0.3, 0.4) is 0 Å². The largest absolute Gasteiger partial charge is 0.492 e. The van der Waals surface area contributed by atoms with Crippen LogP contribution in [0.5, 0.6) is 5.75 Å². The molecule has 0 saturated heterocycles. The minimum absolute atomic E-state index is 0.130. The summed E-state index contributed by atoms with van der Waals surface area (Å²) in [4.78, 5) is 0. The standard InChI is InChI=1S/C16H22O2/c1-13-7-8-15(14(12-13)6-5-10-17)18-11-9-16(2,3)4/h7-8,12,17H,9-11H2,1-4H3. The van der Waals surface area contributed by atoms with Crippen molar-refractivity contribution in [3.63, 3.8) is 0 Å². The van der Waals surface area contributed by atoms with E-state index in [4.69, 9.17) is 9.84 Å². The molecule has 0 fully saturated rings. The lowest BCUT2D eigenvalue weighted by atomic mass is 9.93. The van der Waals surface area contributed by atoms with E-state index in [1.54, 1.807) is 0 Å². The molecule has 1 N–H and O–H groups in total. The monoisotopic (exact) mass is 246 g/mol. The summed E-state index contributed by atoms with van der Waals surface area (Å²) in [5, 5.41) is 8.76. The van der Waals surface area contributed by atoms with Gasteiger partial charge in [0.15, 0.2) is 0 Å². The van der Waals surface area contributed by atoms with Crippen molar-refractivity contribution in [2.45, 2.75) is 34.1 Å².